The number of nitrogens with one attached hydrogen (secondary N) is 2. The quantitative estimate of drug-likeness (QED) is 0.812. The van der Waals surface area contributed by atoms with E-state index in [1.165, 1.54) is 0 Å². The van der Waals surface area contributed by atoms with Crippen LogP contribution in [0.2, 0.25) is 5.02 Å². The zero-order valence-electron chi connectivity index (χ0n) is 7.51. The van der Waals surface area contributed by atoms with Gasteiger partial charge in [-0.25, -0.2) is 8.99 Å². The molecule has 14 heavy (non-hydrogen) atoms. The Kier molecular flexibility index (Phi) is 4.03. The van der Waals surface area contributed by atoms with Gasteiger partial charge in [0.15, 0.2) is 0 Å². The highest BCUT2D eigenvalue weighted by Gasteiger charge is 2.06. The van der Waals surface area contributed by atoms with Crippen LogP contribution in [0.1, 0.15) is 6.92 Å². The van der Waals surface area contributed by atoms with Gasteiger partial charge in [0.2, 0.25) is 0 Å². The highest BCUT2D eigenvalue weighted by molar-refractivity contribution is 14.1. The SMILES string of the molecule is CCS(=N)(=O)Nc1ccc(Cl)cc1I. The summed E-state index contributed by atoms with van der Waals surface area (Å²) in [6.45, 7) is 1.71. The normalized spacial score (nSPS) is 14.8. The molecule has 0 heterocycles. The van der Waals surface area contributed by atoms with Gasteiger partial charge in [0.25, 0.3) is 0 Å². The van der Waals surface area contributed by atoms with Gasteiger partial charge < -0.3 is 0 Å². The fourth-order valence-electron chi connectivity index (χ4n) is 0.822. The summed E-state index contributed by atoms with van der Waals surface area (Å²) in [4.78, 5) is 0. The lowest BCUT2D eigenvalue weighted by atomic mass is 10.3. The number of rotatable bonds is 3. The molecule has 0 fully saturated rings. The molecule has 1 rings (SSSR count). The van der Waals surface area contributed by atoms with Gasteiger partial charge in [0.1, 0.15) is 9.92 Å². The molecule has 2 N–H and O–H groups in total. The van der Waals surface area contributed by atoms with Crippen molar-refractivity contribution in [1.29, 1.82) is 4.78 Å². The van der Waals surface area contributed by atoms with Crippen LogP contribution in [0.5, 0.6) is 0 Å². The van der Waals surface area contributed by atoms with Crippen LogP contribution < -0.4 is 4.72 Å². The lowest BCUT2D eigenvalue weighted by molar-refractivity contribution is 0.679. The summed E-state index contributed by atoms with van der Waals surface area (Å²) in [6, 6.07) is 5.20. The second kappa shape index (κ2) is 4.67. The molecule has 78 valence electrons. The number of halogens is 2. The molecule has 1 unspecified atom stereocenters. The number of benzene rings is 1. The molecule has 0 aliphatic heterocycles. The Morgan fingerprint density at radius 3 is 2.79 bits per heavy atom. The van der Waals surface area contributed by atoms with Crippen LogP contribution in [0, 0.1) is 8.35 Å². The Morgan fingerprint density at radius 2 is 2.29 bits per heavy atom. The van der Waals surface area contributed by atoms with Gasteiger partial charge in [-0.3, -0.25) is 4.72 Å². The van der Waals surface area contributed by atoms with Gasteiger partial charge in [-0.2, -0.15) is 0 Å². The molecule has 0 radical (unpaired) electrons. The third kappa shape index (κ3) is 3.29. The molecule has 0 spiro atoms. The van der Waals surface area contributed by atoms with Gasteiger partial charge >= 0.3 is 0 Å². The van der Waals surface area contributed by atoms with E-state index in [-0.39, 0.29) is 5.75 Å². The highest BCUT2D eigenvalue weighted by Crippen LogP contribution is 2.23. The van der Waals surface area contributed by atoms with Gasteiger partial charge in [-0.05, 0) is 40.8 Å². The third-order valence-corrected chi connectivity index (χ3v) is 4.10. The molecule has 0 aromatic heterocycles. The van der Waals surface area contributed by atoms with Crippen LogP contribution in [0.15, 0.2) is 18.2 Å². The van der Waals surface area contributed by atoms with Crippen molar-refractivity contribution >= 4 is 49.8 Å². The first-order valence-electron chi connectivity index (χ1n) is 3.94. The van der Waals surface area contributed by atoms with Crippen molar-refractivity contribution < 1.29 is 4.21 Å². The van der Waals surface area contributed by atoms with Crippen LogP contribution in [-0.4, -0.2) is 9.96 Å². The van der Waals surface area contributed by atoms with Crippen molar-refractivity contribution in [3.63, 3.8) is 0 Å². The second-order valence-corrected chi connectivity index (χ2v) is 6.42. The third-order valence-electron chi connectivity index (χ3n) is 1.61. The first-order chi connectivity index (χ1) is 6.44. The van der Waals surface area contributed by atoms with Crippen molar-refractivity contribution in [2.45, 2.75) is 6.92 Å². The Balaban J connectivity index is 2.99. The first-order valence-corrected chi connectivity index (χ1v) is 7.12. The van der Waals surface area contributed by atoms with E-state index in [1.807, 2.05) is 0 Å². The first kappa shape index (κ1) is 12.1. The van der Waals surface area contributed by atoms with Crippen molar-refractivity contribution in [1.82, 2.24) is 0 Å². The van der Waals surface area contributed by atoms with E-state index in [0.29, 0.717) is 10.7 Å². The van der Waals surface area contributed by atoms with E-state index in [2.05, 4.69) is 27.3 Å². The molecule has 0 bridgehead atoms. The van der Waals surface area contributed by atoms with E-state index in [4.69, 9.17) is 16.4 Å². The summed E-state index contributed by atoms with van der Waals surface area (Å²) in [5.41, 5.74) is 0.692. The molecule has 1 aromatic carbocycles. The van der Waals surface area contributed by atoms with Crippen LogP contribution >= 0.6 is 34.2 Å². The molecule has 0 saturated heterocycles. The predicted molar refractivity (Wildman–Crippen MR) is 69.2 cm³/mol. The van der Waals surface area contributed by atoms with Crippen LogP contribution in [-0.2, 0) is 9.92 Å². The van der Waals surface area contributed by atoms with Gasteiger partial charge in [0.05, 0.1) is 5.69 Å². The van der Waals surface area contributed by atoms with Crippen molar-refractivity contribution in [2.24, 2.45) is 0 Å². The smallest absolute Gasteiger partial charge is 0.126 e. The maximum absolute atomic E-state index is 11.5. The summed E-state index contributed by atoms with van der Waals surface area (Å²) >= 11 is 7.86. The highest BCUT2D eigenvalue weighted by atomic mass is 127. The van der Waals surface area contributed by atoms with Crippen molar-refractivity contribution in [2.75, 3.05) is 10.5 Å². The van der Waals surface area contributed by atoms with Gasteiger partial charge in [-0.1, -0.05) is 18.5 Å². The largest absolute Gasteiger partial charge is 0.298 e. The Labute approximate surface area is 102 Å². The van der Waals surface area contributed by atoms with Crippen LogP contribution in [0.4, 0.5) is 5.69 Å². The summed E-state index contributed by atoms with van der Waals surface area (Å²) < 4.78 is 22.5. The topological polar surface area (TPSA) is 53.0 Å². The average Bonchev–Trinajstić information content (AvgIpc) is 2.10. The zero-order chi connectivity index (χ0) is 10.8. The molecule has 6 heteroatoms. The summed E-state index contributed by atoms with van der Waals surface area (Å²) in [5.74, 6) is 0.283. The second-order valence-electron chi connectivity index (χ2n) is 2.69. The van der Waals surface area contributed by atoms with Crippen molar-refractivity contribution in [3.8, 4) is 0 Å². The summed E-state index contributed by atoms with van der Waals surface area (Å²) in [7, 11) is -2.71. The zero-order valence-corrected chi connectivity index (χ0v) is 11.2. The minimum absolute atomic E-state index is 0.283. The lowest BCUT2D eigenvalue weighted by Crippen LogP contribution is -2.13. The molecule has 0 saturated carbocycles. The van der Waals surface area contributed by atoms with Gasteiger partial charge in [0, 0.05) is 14.3 Å². The fraction of sp³-hybridized carbons (Fsp3) is 0.250. The lowest BCUT2D eigenvalue weighted by Gasteiger charge is -2.10. The molecular formula is C8H10ClIN2OS. The summed E-state index contributed by atoms with van der Waals surface area (Å²) in [5, 5.41) is 0.632. The Hall–Kier alpha value is -0.0100. The van der Waals surface area contributed by atoms with Crippen LogP contribution in [0.25, 0.3) is 0 Å². The van der Waals surface area contributed by atoms with E-state index < -0.39 is 9.92 Å². The minimum atomic E-state index is -2.71. The maximum Gasteiger partial charge on any atom is 0.126 e. The predicted octanol–water partition coefficient (Wildman–Crippen LogP) is 3.34. The Bertz CT molecular complexity index is 433. The molecule has 0 aliphatic carbocycles. The van der Waals surface area contributed by atoms with E-state index in [0.717, 1.165) is 3.57 Å². The average molecular weight is 345 g/mol. The Morgan fingerprint density at radius 1 is 1.64 bits per heavy atom. The van der Waals surface area contributed by atoms with Gasteiger partial charge in [-0.15, -0.1) is 0 Å². The molecule has 0 amide bonds. The monoisotopic (exact) mass is 344 g/mol. The fourth-order valence-corrected chi connectivity index (χ4v) is 2.69. The molecule has 0 aliphatic rings. The molecule has 3 nitrogen and oxygen atoms in total. The standard InChI is InChI=1S/C8H10ClIN2OS/c1-2-14(11,13)12-8-4-3-6(9)5-7(8)10/h3-5H,2H2,1H3,(H2,11,12,13). The van der Waals surface area contributed by atoms with Crippen molar-refractivity contribution in [3.05, 3.63) is 26.8 Å². The number of hydrogen-bond donors (Lipinski definition) is 2. The molecular weight excluding hydrogens is 335 g/mol. The molecule has 1 aromatic rings. The van der Waals surface area contributed by atoms with E-state index in [1.54, 1.807) is 25.1 Å². The van der Waals surface area contributed by atoms with Crippen LogP contribution in [0.3, 0.4) is 0 Å². The number of anilines is 1. The summed E-state index contributed by atoms with van der Waals surface area (Å²) in [6.07, 6.45) is 0. The minimum Gasteiger partial charge on any atom is -0.298 e. The maximum atomic E-state index is 11.5. The van der Waals surface area contributed by atoms with E-state index >= 15 is 0 Å². The van der Waals surface area contributed by atoms with E-state index in [9.17, 15) is 4.21 Å². The molecule has 1 atom stereocenters. The number of hydrogen-bond acceptors (Lipinski definition) is 2.